The number of aromatic nitrogens is 2. The van der Waals surface area contributed by atoms with E-state index in [9.17, 15) is 0 Å². The fraction of sp³-hybridized carbons (Fsp3) is 0.667. The molecule has 4 N–H and O–H groups in total. The van der Waals surface area contributed by atoms with Gasteiger partial charge in [-0.3, -0.25) is 0 Å². The van der Waals surface area contributed by atoms with Crippen molar-refractivity contribution in [3.63, 3.8) is 0 Å². The number of nitrogens with zero attached hydrogens (tertiary/aromatic N) is 2. The van der Waals surface area contributed by atoms with Crippen LogP contribution >= 0.6 is 0 Å². The molecule has 1 fully saturated rings. The van der Waals surface area contributed by atoms with E-state index in [4.69, 9.17) is 10.5 Å². The minimum atomic E-state index is 0.285. The molecule has 2 aliphatic heterocycles. The molecule has 0 saturated carbocycles. The van der Waals surface area contributed by atoms with E-state index < -0.39 is 0 Å². The molecule has 0 radical (unpaired) electrons. The van der Waals surface area contributed by atoms with Crippen LogP contribution < -0.4 is 16.4 Å². The number of nitrogens with two attached hydrogens (primary N) is 1. The first-order valence-electron chi connectivity index (χ1n) is 6.54. The summed E-state index contributed by atoms with van der Waals surface area (Å²) >= 11 is 0. The first kappa shape index (κ1) is 11.7. The maximum atomic E-state index is 5.96. The van der Waals surface area contributed by atoms with Gasteiger partial charge in [0.15, 0.2) is 0 Å². The van der Waals surface area contributed by atoms with Crippen molar-refractivity contribution in [1.29, 1.82) is 0 Å². The topological polar surface area (TPSA) is 85.1 Å². The van der Waals surface area contributed by atoms with E-state index in [2.05, 4.69) is 20.6 Å². The summed E-state index contributed by atoms with van der Waals surface area (Å²) in [6.45, 7) is 3.35. The number of hydrogen-bond donors (Lipinski definition) is 3. The zero-order chi connectivity index (χ0) is 12.4. The van der Waals surface area contributed by atoms with Crippen LogP contribution in [0.25, 0.3) is 0 Å². The van der Waals surface area contributed by atoms with Gasteiger partial charge in [-0.1, -0.05) is 0 Å². The van der Waals surface area contributed by atoms with Crippen LogP contribution in [0.3, 0.4) is 0 Å². The zero-order valence-electron chi connectivity index (χ0n) is 10.4. The summed E-state index contributed by atoms with van der Waals surface area (Å²) in [5.41, 5.74) is 8.07. The van der Waals surface area contributed by atoms with Gasteiger partial charge in [0.2, 0.25) is 5.95 Å². The first-order chi connectivity index (χ1) is 8.83. The van der Waals surface area contributed by atoms with Gasteiger partial charge >= 0.3 is 0 Å². The molecule has 6 nitrogen and oxygen atoms in total. The molecule has 0 aromatic carbocycles. The Kier molecular flexibility index (Phi) is 3.29. The molecule has 1 atom stereocenters. The van der Waals surface area contributed by atoms with Gasteiger partial charge in [0.25, 0.3) is 0 Å². The van der Waals surface area contributed by atoms with Crippen molar-refractivity contribution in [2.75, 3.05) is 30.7 Å². The standard InChI is InChI=1S/C12H19N5O/c13-11-9-7-14-4-3-10(9)16-12(17-11)15-6-8-2-1-5-18-8/h8,14H,1-7H2,(H3,13,15,16,17). The maximum Gasteiger partial charge on any atom is 0.224 e. The fourth-order valence-corrected chi connectivity index (χ4v) is 2.46. The lowest BCUT2D eigenvalue weighted by Gasteiger charge is -2.19. The number of anilines is 2. The number of nitrogen functional groups attached to an aromatic ring is 1. The minimum Gasteiger partial charge on any atom is -0.383 e. The van der Waals surface area contributed by atoms with Gasteiger partial charge < -0.3 is 21.1 Å². The number of ether oxygens (including phenoxy) is 1. The van der Waals surface area contributed by atoms with E-state index in [-0.39, 0.29) is 6.10 Å². The van der Waals surface area contributed by atoms with E-state index >= 15 is 0 Å². The highest BCUT2D eigenvalue weighted by atomic mass is 16.5. The van der Waals surface area contributed by atoms with Gasteiger partial charge in [0, 0.05) is 38.2 Å². The normalized spacial score (nSPS) is 22.8. The molecule has 3 heterocycles. The quantitative estimate of drug-likeness (QED) is 0.714. The van der Waals surface area contributed by atoms with Crippen molar-refractivity contribution in [2.45, 2.75) is 31.9 Å². The molecular weight excluding hydrogens is 230 g/mol. The molecule has 1 aromatic rings. The predicted molar refractivity (Wildman–Crippen MR) is 69.3 cm³/mol. The molecule has 0 spiro atoms. The lowest BCUT2D eigenvalue weighted by Crippen LogP contribution is -2.27. The Bertz CT molecular complexity index is 431. The van der Waals surface area contributed by atoms with Crippen LogP contribution in [0.2, 0.25) is 0 Å². The predicted octanol–water partition coefficient (Wildman–Crippen LogP) is 0.295. The van der Waals surface area contributed by atoms with Gasteiger partial charge in [-0.05, 0) is 12.8 Å². The highest BCUT2D eigenvalue weighted by Crippen LogP contribution is 2.19. The van der Waals surface area contributed by atoms with Crippen molar-refractivity contribution >= 4 is 11.8 Å². The molecule has 0 bridgehead atoms. The third-order valence-corrected chi connectivity index (χ3v) is 3.48. The average molecular weight is 249 g/mol. The third-order valence-electron chi connectivity index (χ3n) is 3.48. The van der Waals surface area contributed by atoms with E-state index in [1.807, 2.05) is 0 Å². The second kappa shape index (κ2) is 5.07. The Hall–Kier alpha value is -1.40. The van der Waals surface area contributed by atoms with Crippen LogP contribution in [-0.2, 0) is 17.7 Å². The van der Waals surface area contributed by atoms with Crippen molar-refractivity contribution < 1.29 is 4.74 Å². The molecule has 6 heteroatoms. The molecule has 2 aliphatic rings. The SMILES string of the molecule is Nc1nc(NCC2CCCO2)nc2c1CNCC2. The molecule has 1 unspecified atom stereocenters. The number of rotatable bonds is 3. The highest BCUT2D eigenvalue weighted by Gasteiger charge is 2.18. The van der Waals surface area contributed by atoms with Crippen LogP contribution in [0.5, 0.6) is 0 Å². The van der Waals surface area contributed by atoms with E-state index in [0.29, 0.717) is 11.8 Å². The molecule has 3 rings (SSSR count). The van der Waals surface area contributed by atoms with Gasteiger partial charge in [0.1, 0.15) is 5.82 Å². The maximum absolute atomic E-state index is 5.96. The summed E-state index contributed by atoms with van der Waals surface area (Å²) < 4.78 is 5.56. The Morgan fingerprint density at radius 1 is 1.44 bits per heavy atom. The van der Waals surface area contributed by atoms with Gasteiger partial charge in [-0.2, -0.15) is 4.98 Å². The molecule has 98 valence electrons. The molecule has 1 aromatic heterocycles. The van der Waals surface area contributed by atoms with Crippen LogP contribution in [0, 0.1) is 0 Å². The Morgan fingerprint density at radius 3 is 3.22 bits per heavy atom. The summed E-state index contributed by atoms with van der Waals surface area (Å²) in [4.78, 5) is 8.84. The van der Waals surface area contributed by atoms with Crippen LogP contribution in [0.4, 0.5) is 11.8 Å². The summed E-state index contributed by atoms with van der Waals surface area (Å²) in [6.07, 6.45) is 3.45. The Morgan fingerprint density at radius 2 is 2.39 bits per heavy atom. The largest absolute Gasteiger partial charge is 0.383 e. The highest BCUT2D eigenvalue weighted by molar-refractivity contribution is 5.48. The fourth-order valence-electron chi connectivity index (χ4n) is 2.46. The second-order valence-electron chi connectivity index (χ2n) is 4.80. The van der Waals surface area contributed by atoms with Crippen molar-refractivity contribution in [3.05, 3.63) is 11.3 Å². The Balaban J connectivity index is 1.70. The molecule has 0 amide bonds. The van der Waals surface area contributed by atoms with Crippen LogP contribution in [-0.4, -0.2) is 35.8 Å². The minimum absolute atomic E-state index is 0.285. The number of fused-ring (bicyclic) bond motifs is 1. The summed E-state index contributed by atoms with van der Waals surface area (Å²) in [5.74, 6) is 1.21. The van der Waals surface area contributed by atoms with E-state index in [0.717, 1.165) is 56.8 Å². The second-order valence-corrected chi connectivity index (χ2v) is 4.80. The smallest absolute Gasteiger partial charge is 0.224 e. The van der Waals surface area contributed by atoms with Crippen LogP contribution in [0.1, 0.15) is 24.1 Å². The first-order valence-corrected chi connectivity index (χ1v) is 6.54. The monoisotopic (exact) mass is 249 g/mol. The number of hydrogen-bond acceptors (Lipinski definition) is 6. The summed E-state index contributed by atoms with van der Waals surface area (Å²) in [6, 6.07) is 0. The zero-order valence-corrected chi connectivity index (χ0v) is 10.4. The molecular formula is C12H19N5O. The lowest BCUT2D eigenvalue weighted by molar-refractivity contribution is 0.120. The molecule has 0 aliphatic carbocycles. The van der Waals surface area contributed by atoms with Crippen LogP contribution in [0.15, 0.2) is 0 Å². The Labute approximate surface area is 106 Å². The van der Waals surface area contributed by atoms with Crippen molar-refractivity contribution in [3.8, 4) is 0 Å². The van der Waals surface area contributed by atoms with Gasteiger partial charge in [-0.25, -0.2) is 4.98 Å². The summed E-state index contributed by atoms with van der Waals surface area (Å²) in [7, 11) is 0. The third kappa shape index (κ3) is 2.39. The lowest BCUT2D eigenvalue weighted by atomic mass is 10.1. The van der Waals surface area contributed by atoms with E-state index in [1.54, 1.807) is 0 Å². The van der Waals surface area contributed by atoms with Gasteiger partial charge in [-0.15, -0.1) is 0 Å². The summed E-state index contributed by atoms with van der Waals surface area (Å²) in [5, 5.41) is 6.51. The molecule has 18 heavy (non-hydrogen) atoms. The van der Waals surface area contributed by atoms with Crippen molar-refractivity contribution in [1.82, 2.24) is 15.3 Å². The van der Waals surface area contributed by atoms with Crippen molar-refractivity contribution in [2.24, 2.45) is 0 Å². The average Bonchev–Trinajstić information content (AvgIpc) is 2.90. The number of nitrogens with one attached hydrogen (secondary N) is 2. The van der Waals surface area contributed by atoms with Gasteiger partial charge in [0.05, 0.1) is 11.8 Å². The van der Waals surface area contributed by atoms with E-state index in [1.165, 1.54) is 0 Å². The molecule has 1 saturated heterocycles.